The quantitative estimate of drug-likeness (QED) is 0.708. The molecule has 0 saturated heterocycles. The highest BCUT2D eigenvalue weighted by Crippen LogP contribution is 2.37. The highest BCUT2D eigenvalue weighted by atomic mass is 28.3. The Morgan fingerprint density at radius 3 is 2.38 bits per heavy atom. The maximum absolute atomic E-state index is 4.36. The van der Waals surface area contributed by atoms with Gasteiger partial charge in [0.15, 0.2) is 8.24 Å². The van der Waals surface area contributed by atoms with E-state index in [1.807, 2.05) is 12.1 Å². The van der Waals surface area contributed by atoms with Crippen LogP contribution in [-0.2, 0) is 0 Å². The van der Waals surface area contributed by atoms with Gasteiger partial charge in [0.1, 0.15) is 5.52 Å². The van der Waals surface area contributed by atoms with Crippen molar-refractivity contribution in [2.24, 2.45) is 0 Å². The van der Waals surface area contributed by atoms with Crippen molar-refractivity contribution in [2.45, 2.75) is 38.9 Å². The average Bonchev–Trinajstić information content (AvgIpc) is 2.59. The minimum absolute atomic E-state index is 0.267. The molecule has 1 aromatic carbocycles. The van der Waals surface area contributed by atoms with Crippen LogP contribution in [0.5, 0.6) is 0 Å². The number of rotatable bonds is 1. The maximum Gasteiger partial charge on any atom is 0.187 e. The predicted octanol–water partition coefficient (Wildman–Crippen LogP) is 3.28. The molecule has 0 bridgehead atoms. The summed E-state index contributed by atoms with van der Waals surface area (Å²) < 4.78 is 2.17. The van der Waals surface area contributed by atoms with E-state index in [9.17, 15) is 0 Å². The number of fused-ring (bicyclic) bond motifs is 1. The molecule has 0 aliphatic carbocycles. The molecule has 86 valence electrons. The normalized spacial score (nSPS) is 13.3. The number of aromatic nitrogens is 3. The smallest absolute Gasteiger partial charge is 0.187 e. The van der Waals surface area contributed by atoms with Gasteiger partial charge in [-0.15, -0.1) is 5.10 Å². The maximum atomic E-state index is 4.36. The average molecular weight is 233 g/mol. The zero-order valence-electron chi connectivity index (χ0n) is 10.7. The van der Waals surface area contributed by atoms with E-state index in [4.69, 9.17) is 0 Å². The number of hydrogen-bond donors (Lipinski definition) is 0. The zero-order valence-corrected chi connectivity index (χ0v) is 11.7. The Kier molecular flexibility index (Phi) is 2.42. The van der Waals surface area contributed by atoms with Gasteiger partial charge in [0.2, 0.25) is 0 Å². The number of nitrogens with zero attached hydrogens (tertiary/aromatic N) is 3. The second kappa shape index (κ2) is 3.42. The minimum Gasteiger partial charge on any atom is -0.274 e. The zero-order chi connectivity index (χ0) is 12.0. The summed E-state index contributed by atoms with van der Waals surface area (Å²) in [6.07, 6.45) is 0. The van der Waals surface area contributed by atoms with Crippen molar-refractivity contribution >= 4 is 19.3 Å². The molecule has 4 heteroatoms. The molecule has 0 amide bonds. The van der Waals surface area contributed by atoms with Crippen molar-refractivity contribution in [3.05, 3.63) is 24.3 Å². The molecule has 0 aliphatic rings. The molecule has 0 radical (unpaired) electrons. The third kappa shape index (κ3) is 1.57. The van der Waals surface area contributed by atoms with Gasteiger partial charge in [0, 0.05) is 0 Å². The van der Waals surface area contributed by atoms with Crippen LogP contribution in [-0.4, -0.2) is 22.9 Å². The lowest BCUT2D eigenvalue weighted by Crippen LogP contribution is -2.46. The summed E-state index contributed by atoms with van der Waals surface area (Å²) in [6.45, 7) is 11.5. The van der Waals surface area contributed by atoms with Gasteiger partial charge in [0.05, 0.1) is 5.52 Å². The Morgan fingerprint density at radius 2 is 1.75 bits per heavy atom. The van der Waals surface area contributed by atoms with Crippen LogP contribution >= 0.6 is 0 Å². The first-order valence-electron chi connectivity index (χ1n) is 5.65. The van der Waals surface area contributed by atoms with Crippen LogP contribution in [0, 0.1) is 0 Å². The second-order valence-corrected chi connectivity index (χ2v) is 10.8. The van der Waals surface area contributed by atoms with Crippen LogP contribution < -0.4 is 0 Å². The lowest BCUT2D eigenvalue weighted by atomic mass is 10.2. The Balaban J connectivity index is 2.64. The van der Waals surface area contributed by atoms with E-state index in [0.29, 0.717) is 0 Å². The van der Waals surface area contributed by atoms with E-state index < -0.39 is 8.24 Å². The number of hydrogen-bond acceptors (Lipinski definition) is 2. The van der Waals surface area contributed by atoms with Crippen molar-refractivity contribution in [3.8, 4) is 0 Å². The van der Waals surface area contributed by atoms with E-state index in [2.05, 4.69) is 60.7 Å². The van der Waals surface area contributed by atoms with Crippen LogP contribution in [0.4, 0.5) is 0 Å². The van der Waals surface area contributed by atoms with Gasteiger partial charge in [-0.2, -0.15) is 0 Å². The molecular weight excluding hydrogens is 214 g/mol. The van der Waals surface area contributed by atoms with Crippen molar-refractivity contribution < 1.29 is 0 Å². The molecule has 2 aromatic rings. The largest absolute Gasteiger partial charge is 0.274 e. The first-order valence-corrected chi connectivity index (χ1v) is 8.60. The molecular formula is C12H19N3Si. The lowest BCUT2D eigenvalue weighted by molar-refractivity contribution is 0.678. The molecule has 0 N–H and O–H groups in total. The van der Waals surface area contributed by atoms with Gasteiger partial charge in [-0.25, -0.2) is 0 Å². The van der Waals surface area contributed by atoms with Gasteiger partial charge in [-0.1, -0.05) is 38.1 Å². The molecule has 0 atom stereocenters. The van der Waals surface area contributed by atoms with Crippen LogP contribution in [0.15, 0.2) is 24.3 Å². The van der Waals surface area contributed by atoms with Crippen LogP contribution in [0.3, 0.4) is 0 Å². The summed E-state index contributed by atoms with van der Waals surface area (Å²) in [6, 6.07) is 8.18. The molecule has 0 spiro atoms. The van der Waals surface area contributed by atoms with Crippen LogP contribution in [0.2, 0.25) is 18.1 Å². The molecule has 2 rings (SSSR count). The molecule has 1 aromatic heterocycles. The molecule has 0 saturated carbocycles. The molecule has 3 nitrogen and oxygen atoms in total. The first kappa shape index (κ1) is 11.3. The Hall–Kier alpha value is -1.16. The highest BCUT2D eigenvalue weighted by molar-refractivity contribution is 6.79. The molecule has 0 unspecified atom stereocenters. The summed E-state index contributed by atoms with van der Waals surface area (Å²) in [4.78, 5) is 0. The van der Waals surface area contributed by atoms with Gasteiger partial charge in [0.25, 0.3) is 0 Å². The molecule has 16 heavy (non-hydrogen) atoms. The van der Waals surface area contributed by atoms with Gasteiger partial charge >= 0.3 is 0 Å². The fraction of sp³-hybridized carbons (Fsp3) is 0.500. The fourth-order valence-electron chi connectivity index (χ4n) is 1.60. The van der Waals surface area contributed by atoms with E-state index >= 15 is 0 Å². The predicted molar refractivity (Wildman–Crippen MR) is 70.1 cm³/mol. The van der Waals surface area contributed by atoms with Gasteiger partial charge < -0.3 is 0 Å². The minimum atomic E-state index is -1.65. The fourth-order valence-corrected chi connectivity index (χ4v) is 3.29. The number of para-hydroxylation sites is 1. The Bertz CT molecular complexity index is 508. The van der Waals surface area contributed by atoms with Crippen LogP contribution in [0.1, 0.15) is 20.8 Å². The molecule has 1 heterocycles. The summed E-state index contributed by atoms with van der Waals surface area (Å²) >= 11 is 0. The highest BCUT2D eigenvalue weighted by Gasteiger charge is 2.39. The van der Waals surface area contributed by atoms with E-state index in [0.717, 1.165) is 11.0 Å². The molecule has 0 aliphatic heterocycles. The van der Waals surface area contributed by atoms with E-state index in [1.54, 1.807) is 0 Å². The topological polar surface area (TPSA) is 30.7 Å². The summed E-state index contributed by atoms with van der Waals surface area (Å²) in [7, 11) is -1.65. The monoisotopic (exact) mass is 233 g/mol. The third-order valence-electron chi connectivity index (χ3n) is 3.72. The van der Waals surface area contributed by atoms with Crippen molar-refractivity contribution in [3.63, 3.8) is 0 Å². The third-order valence-corrected chi connectivity index (χ3v) is 8.78. The molecule has 0 fully saturated rings. The van der Waals surface area contributed by atoms with Crippen molar-refractivity contribution in [2.75, 3.05) is 0 Å². The van der Waals surface area contributed by atoms with E-state index in [-0.39, 0.29) is 5.04 Å². The summed E-state index contributed by atoms with van der Waals surface area (Å²) in [5, 5.41) is 8.88. The number of benzene rings is 1. The van der Waals surface area contributed by atoms with Gasteiger partial charge in [-0.05, 0) is 30.3 Å². The van der Waals surface area contributed by atoms with Gasteiger partial charge in [-0.3, -0.25) is 4.35 Å². The standard InChI is InChI=1S/C12H19N3Si/c1-12(2,3)16(4,5)15-11-9-7-6-8-10(11)13-14-15/h6-9H,1-5H3. The summed E-state index contributed by atoms with van der Waals surface area (Å²) in [5.74, 6) is 0. The first-order chi connectivity index (χ1) is 7.34. The summed E-state index contributed by atoms with van der Waals surface area (Å²) in [5.41, 5.74) is 2.15. The Labute approximate surface area is 97.6 Å². The Morgan fingerprint density at radius 1 is 1.12 bits per heavy atom. The second-order valence-electron chi connectivity index (χ2n) is 5.80. The van der Waals surface area contributed by atoms with E-state index in [1.165, 1.54) is 0 Å². The lowest BCUT2D eigenvalue weighted by Gasteiger charge is -2.36. The van der Waals surface area contributed by atoms with Crippen molar-refractivity contribution in [1.29, 1.82) is 0 Å². The SMILES string of the molecule is CC(C)(C)[Si](C)(C)n1nnc2ccccc21. The van der Waals surface area contributed by atoms with Crippen molar-refractivity contribution in [1.82, 2.24) is 14.7 Å². The van der Waals surface area contributed by atoms with Crippen LogP contribution in [0.25, 0.3) is 11.0 Å².